The summed E-state index contributed by atoms with van der Waals surface area (Å²) in [7, 11) is 0. The van der Waals surface area contributed by atoms with Gasteiger partial charge in [0.25, 0.3) is 0 Å². The molecule has 0 saturated heterocycles. The molecule has 0 aliphatic heterocycles. The van der Waals surface area contributed by atoms with Crippen LogP contribution in [0.3, 0.4) is 0 Å². The van der Waals surface area contributed by atoms with Gasteiger partial charge in [0, 0.05) is 24.1 Å². The van der Waals surface area contributed by atoms with Crippen LogP contribution in [0, 0.1) is 6.92 Å². The second-order valence-corrected chi connectivity index (χ2v) is 6.72. The molecule has 0 saturated carbocycles. The quantitative estimate of drug-likeness (QED) is 0.651. The molecule has 6 heteroatoms. The minimum absolute atomic E-state index is 0.122. The molecule has 1 heterocycles. The predicted molar refractivity (Wildman–Crippen MR) is 110 cm³/mol. The van der Waals surface area contributed by atoms with Gasteiger partial charge in [0.1, 0.15) is 0 Å². The Morgan fingerprint density at radius 2 is 1.78 bits per heavy atom. The van der Waals surface area contributed by atoms with E-state index in [0.717, 1.165) is 16.9 Å². The maximum Gasteiger partial charge on any atom is 0.248 e. The maximum absolute atomic E-state index is 12.1. The van der Waals surface area contributed by atoms with Crippen molar-refractivity contribution in [1.29, 1.82) is 0 Å². The van der Waals surface area contributed by atoms with E-state index < -0.39 is 0 Å². The molecule has 0 fully saturated rings. The summed E-state index contributed by atoms with van der Waals surface area (Å²) in [5.41, 5.74) is 3.15. The van der Waals surface area contributed by atoms with E-state index in [1.807, 2.05) is 66.9 Å². The number of amides is 2. The van der Waals surface area contributed by atoms with Gasteiger partial charge in [-0.15, -0.1) is 11.3 Å². The highest BCUT2D eigenvalue weighted by molar-refractivity contribution is 7.14. The fraction of sp³-hybridized carbons (Fsp3) is 0.0952. The zero-order chi connectivity index (χ0) is 19.2. The van der Waals surface area contributed by atoms with Crippen LogP contribution in [0.15, 0.2) is 66.1 Å². The van der Waals surface area contributed by atoms with Gasteiger partial charge in [-0.2, -0.15) is 0 Å². The summed E-state index contributed by atoms with van der Waals surface area (Å²) in [4.78, 5) is 30.2. The Kier molecular flexibility index (Phi) is 5.78. The van der Waals surface area contributed by atoms with E-state index in [4.69, 9.17) is 0 Å². The van der Waals surface area contributed by atoms with E-state index >= 15 is 0 Å². The maximum atomic E-state index is 12.1. The average Bonchev–Trinajstić information content (AvgIpc) is 3.11. The Balaban J connectivity index is 1.73. The highest BCUT2D eigenvalue weighted by atomic mass is 32.1. The third-order valence-corrected chi connectivity index (χ3v) is 4.68. The number of rotatable bonds is 5. The summed E-state index contributed by atoms with van der Waals surface area (Å²) >= 11 is 1.35. The molecule has 2 aromatic carbocycles. The normalized spacial score (nSPS) is 10.7. The summed E-state index contributed by atoms with van der Waals surface area (Å²) in [6.45, 7) is 3.44. The van der Waals surface area contributed by atoms with Crippen LogP contribution >= 0.6 is 11.3 Å². The number of aromatic nitrogens is 1. The SMILES string of the molecule is CC(=O)N(c1ccccc1)c1nc(/C=C/C(=O)Nc2ccccc2C)cs1. The van der Waals surface area contributed by atoms with Crippen molar-refractivity contribution in [3.8, 4) is 0 Å². The second-order valence-electron chi connectivity index (χ2n) is 5.88. The molecule has 1 N–H and O–H groups in total. The number of nitrogens with zero attached hydrogens (tertiary/aromatic N) is 2. The zero-order valence-electron chi connectivity index (χ0n) is 15.0. The third kappa shape index (κ3) is 4.68. The Hall–Kier alpha value is -3.25. The topological polar surface area (TPSA) is 62.3 Å². The monoisotopic (exact) mass is 377 g/mol. The smallest absolute Gasteiger partial charge is 0.248 e. The molecule has 0 radical (unpaired) electrons. The minimum atomic E-state index is -0.231. The van der Waals surface area contributed by atoms with E-state index in [2.05, 4.69) is 10.3 Å². The summed E-state index contributed by atoms with van der Waals surface area (Å²) < 4.78 is 0. The molecule has 0 aliphatic rings. The standard InChI is InChI=1S/C21H19N3O2S/c1-15-8-6-7-11-19(15)23-20(26)13-12-17-14-27-21(22-17)24(16(2)25)18-9-4-3-5-10-18/h3-14H,1-2H3,(H,23,26)/b13-12+. The first-order valence-corrected chi connectivity index (χ1v) is 9.28. The Morgan fingerprint density at radius 1 is 1.07 bits per heavy atom. The predicted octanol–water partition coefficient (Wildman–Crippen LogP) is 4.79. The van der Waals surface area contributed by atoms with Crippen molar-refractivity contribution in [3.63, 3.8) is 0 Å². The highest BCUT2D eigenvalue weighted by Gasteiger charge is 2.17. The Morgan fingerprint density at radius 3 is 2.48 bits per heavy atom. The molecule has 0 bridgehead atoms. The van der Waals surface area contributed by atoms with Crippen LogP contribution in [0.25, 0.3) is 6.08 Å². The summed E-state index contributed by atoms with van der Waals surface area (Å²) in [6.07, 6.45) is 3.07. The van der Waals surface area contributed by atoms with Crippen LogP contribution < -0.4 is 10.2 Å². The van der Waals surface area contributed by atoms with Gasteiger partial charge in [-0.25, -0.2) is 4.98 Å². The number of benzene rings is 2. The van der Waals surface area contributed by atoms with E-state index in [1.165, 1.54) is 24.3 Å². The first-order valence-electron chi connectivity index (χ1n) is 8.40. The number of nitrogens with one attached hydrogen (secondary N) is 1. The van der Waals surface area contributed by atoms with Crippen LogP contribution in [0.5, 0.6) is 0 Å². The van der Waals surface area contributed by atoms with Crippen molar-refractivity contribution in [2.75, 3.05) is 10.2 Å². The van der Waals surface area contributed by atoms with Crippen LogP contribution in [0.1, 0.15) is 18.2 Å². The molecular formula is C21H19N3O2S. The largest absolute Gasteiger partial charge is 0.322 e. The van der Waals surface area contributed by atoms with Crippen molar-refractivity contribution in [2.45, 2.75) is 13.8 Å². The molecule has 2 amide bonds. The van der Waals surface area contributed by atoms with E-state index in [9.17, 15) is 9.59 Å². The molecule has 1 aromatic heterocycles. The van der Waals surface area contributed by atoms with Gasteiger partial charge in [0.2, 0.25) is 11.8 Å². The van der Waals surface area contributed by atoms with Gasteiger partial charge in [0.15, 0.2) is 5.13 Å². The minimum Gasteiger partial charge on any atom is -0.322 e. The molecule has 0 spiro atoms. The zero-order valence-corrected chi connectivity index (χ0v) is 15.9. The molecule has 0 aliphatic carbocycles. The van der Waals surface area contributed by atoms with E-state index in [0.29, 0.717) is 10.8 Å². The lowest BCUT2D eigenvalue weighted by Gasteiger charge is -2.17. The molecule has 0 atom stereocenters. The lowest BCUT2D eigenvalue weighted by molar-refractivity contribution is -0.116. The highest BCUT2D eigenvalue weighted by Crippen LogP contribution is 2.29. The Bertz CT molecular complexity index is 980. The summed E-state index contributed by atoms with van der Waals surface area (Å²) in [6, 6.07) is 16.9. The Labute approximate surface area is 162 Å². The molecule has 27 heavy (non-hydrogen) atoms. The molecule has 5 nitrogen and oxygen atoms in total. The first kappa shape index (κ1) is 18.5. The number of para-hydroxylation sites is 2. The summed E-state index contributed by atoms with van der Waals surface area (Å²) in [5.74, 6) is -0.353. The molecular weight excluding hydrogens is 358 g/mol. The number of carbonyl (C=O) groups is 2. The van der Waals surface area contributed by atoms with Gasteiger partial charge < -0.3 is 5.32 Å². The van der Waals surface area contributed by atoms with Crippen molar-refractivity contribution in [1.82, 2.24) is 4.98 Å². The number of thiazole rings is 1. The lowest BCUT2D eigenvalue weighted by Crippen LogP contribution is -2.22. The van der Waals surface area contributed by atoms with Gasteiger partial charge in [-0.05, 0) is 36.8 Å². The number of aryl methyl sites for hydroxylation is 1. The lowest BCUT2D eigenvalue weighted by atomic mass is 10.2. The molecule has 3 rings (SSSR count). The van der Waals surface area contributed by atoms with Crippen molar-refractivity contribution >= 4 is 45.7 Å². The van der Waals surface area contributed by atoms with E-state index in [-0.39, 0.29) is 11.8 Å². The summed E-state index contributed by atoms with van der Waals surface area (Å²) in [5, 5.41) is 5.21. The number of hydrogen-bond donors (Lipinski definition) is 1. The van der Waals surface area contributed by atoms with Gasteiger partial charge in [-0.3, -0.25) is 14.5 Å². The van der Waals surface area contributed by atoms with E-state index in [1.54, 1.807) is 11.0 Å². The third-order valence-electron chi connectivity index (χ3n) is 3.84. The molecule has 3 aromatic rings. The second kappa shape index (κ2) is 8.42. The van der Waals surface area contributed by atoms with Crippen LogP contribution in [0.4, 0.5) is 16.5 Å². The number of hydrogen-bond acceptors (Lipinski definition) is 4. The van der Waals surface area contributed by atoms with Crippen LogP contribution in [-0.2, 0) is 9.59 Å². The van der Waals surface area contributed by atoms with Crippen molar-refractivity contribution < 1.29 is 9.59 Å². The van der Waals surface area contributed by atoms with Crippen molar-refractivity contribution in [3.05, 3.63) is 77.3 Å². The first-order chi connectivity index (χ1) is 13.0. The fourth-order valence-electron chi connectivity index (χ4n) is 2.51. The van der Waals surface area contributed by atoms with Crippen LogP contribution in [-0.4, -0.2) is 16.8 Å². The average molecular weight is 377 g/mol. The van der Waals surface area contributed by atoms with Gasteiger partial charge in [-0.1, -0.05) is 36.4 Å². The van der Waals surface area contributed by atoms with Crippen molar-refractivity contribution in [2.24, 2.45) is 0 Å². The van der Waals surface area contributed by atoms with Gasteiger partial charge >= 0.3 is 0 Å². The molecule has 136 valence electrons. The molecule has 0 unspecified atom stereocenters. The van der Waals surface area contributed by atoms with Crippen LogP contribution in [0.2, 0.25) is 0 Å². The fourth-order valence-corrected chi connectivity index (χ4v) is 3.36. The van der Waals surface area contributed by atoms with Gasteiger partial charge in [0.05, 0.1) is 11.4 Å². The number of carbonyl (C=O) groups excluding carboxylic acids is 2. The number of anilines is 3.